The first-order valence-corrected chi connectivity index (χ1v) is 38.0. The smallest absolute Gasteiger partial charge is 0.252 e. The van der Waals surface area contributed by atoms with Gasteiger partial charge in [0.25, 0.3) is 6.71 Å². The monoisotopic (exact) mass is 1380 g/mol. The number of benzene rings is 17. The lowest BCUT2D eigenvalue weighted by Crippen LogP contribution is -2.61. The summed E-state index contributed by atoms with van der Waals surface area (Å²) in [6.45, 7) is 13.9. The molecular formula is C104H78BN3. The Morgan fingerprint density at radius 3 is 1.03 bits per heavy atom. The van der Waals surface area contributed by atoms with Gasteiger partial charge in [-0.05, 0) is 193 Å². The van der Waals surface area contributed by atoms with Crippen LogP contribution in [0.3, 0.4) is 0 Å². The van der Waals surface area contributed by atoms with Gasteiger partial charge in [-0.2, -0.15) is 0 Å². The Morgan fingerprint density at radius 2 is 0.593 bits per heavy atom. The molecule has 0 radical (unpaired) electrons. The number of rotatable bonds is 10. The Morgan fingerprint density at radius 1 is 0.241 bits per heavy atom. The zero-order chi connectivity index (χ0) is 72.5. The van der Waals surface area contributed by atoms with Crippen molar-refractivity contribution in [1.29, 1.82) is 0 Å². The van der Waals surface area contributed by atoms with Crippen LogP contribution in [0.2, 0.25) is 0 Å². The van der Waals surface area contributed by atoms with Crippen LogP contribution in [0.15, 0.2) is 364 Å². The lowest BCUT2D eigenvalue weighted by Gasteiger charge is -2.46. The Bertz CT molecular complexity index is 6230. The zero-order valence-corrected chi connectivity index (χ0v) is 61.6. The number of para-hydroxylation sites is 1. The first-order valence-electron chi connectivity index (χ1n) is 38.0. The number of hydrogen-bond donors (Lipinski definition) is 0. The molecule has 0 saturated carbocycles. The second kappa shape index (κ2) is 25.4. The van der Waals surface area contributed by atoms with Gasteiger partial charge in [-0.15, -0.1) is 0 Å². The quantitative estimate of drug-likeness (QED) is 0.0999. The molecule has 0 bridgehead atoms. The predicted octanol–water partition coefficient (Wildman–Crippen LogP) is 26.6. The average Bonchev–Trinajstić information content (AvgIpc) is 0.856. The minimum absolute atomic E-state index is 0.213. The molecule has 512 valence electrons. The van der Waals surface area contributed by atoms with E-state index >= 15 is 0 Å². The predicted molar refractivity (Wildman–Crippen MR) is 463 cm³/mol. The maximum atomic E-state index is 2.72. The molecule has 17 aromatic carbocycles. The van der Waals surface area contributed by atoms with E-state index in [1.54, 1.807) is 0 Å². The van der Waals surface area contributed by atoms with E-state index in [1.165, 1.54) is 92.9 Å². The van der Waals surface area contributed by atoms with Crippen LogP contribution in [-0.2, 0) is 10.8 Å². The van der Waals surface area contributed by atoms with E-state index in [0.717, 1.165) is 106 Å². The van der Waals surface area contributed by atoms with Gasteiger partial charge in [0.2, 0.25) is 0 Å². The van der Waals surface area contributed by atoms with Crippen LogP contribution in [-0.4, -0.2) is 11.3 Å². The third-order valence-electron chi connectivity index (χ3n) is 23.0. The summed E-state index contributed by atoms with van der Waals surface area (Å²) in [6.07, 6.45) is 0. The fourth-order valence-corrected chi connectivity index (χ4v) is 17.8. The standard InChI is InChI=1S/C104H78BN3/c1-103(2,3)76-60-85(69-37-17-9-18-38-69)101(86(61-76)70-39-19-10-20-40-70)107-94-55-53-73(67-33-13-7-14-34-67)58-91(94)105-92-59-74(68-35-15-8-16-36-68)54-56-95(92)108(102-87(71-41-21-11-22-42-71)62-77(104(4,5)6)63-88(102)72-43-23-12-24-44-72)98-65-78(64-97(107)100(98)105)106-93-52-32-31-51-84(93)99-83-50-30-29-49-82(83)90(66-96(99)106)89-57-75-45-25-26-46-79(75)80-47-27-28-48-81(80)89/h7-66H,1-6H3. The van der Waals surface area contributed by atoms with E-state index in [1.807, 2.05) is 0 Å². The second-order valence-corrected chi connectivity index (χ2v) is 31.5. The van der Waals surface area contributed by atoms with Gasteiger partial charge in [-0.1, -0.05) is 339 Å². The molecule has 0 aliphatic carbocycles. The highest BCUT2D eigenvalue weighted by Gasteiger charge is 2.46. The number of hydrogen-bond acceptors (Lipinski definition) is 2. The lowest BCUT2D eigenvalue weighted by atomic mass is 9.33. The molecule has 1 aromatic heterocycles. The van der Waals surface area contributed by atoms with E-state index in [2.05, 4.69) is 420 Å². The number of nitrogens with zero attached hydrogens (tertiary/aromatic N) is 3. The van der Waals surface area contributed by atoms with Crippen molar-refractivity contribution in [2.75, 3.05) is 9.80 Å². The first-order chi connectivity index (χ1) is 52.9. The summed E-state index contributed by atoms with van der Waals surface area (Å²) >= 11 is 0. The van der Waals surface area contributed by atoms with Crippen LogP contribution in [0.4, 0.5) is 34.1 Å². The molecule has 0 saturated heterocycles. The Kier molecular flexibility index (Phi) is 15.2. The summed E-state index contributed by atoms with van der Waals surface area (Å²) in [4.78, 5) is 5.44. The van der Waals surface area contributed by atoms with Crippen molar-refractivity contribution in [3.63, 3.8) is 0 Å². The summed E-state index contributed by atoms with van der Waals surface area (Å²) in [5, 5.41) is 9.78. The van der Waals surface area contributed by atoms with Gasteiger partial charge in [0.15, 0.2) is 0 Å². The van der Waals surface area contributed by atoms with Crippen LogP contribution in [0.1, 0.15) is 52.7 Å². The summed E-state index contributed by atoms with van der Waals surface area (Å²) in [7, 11) is 0. The SMILES string of the molecule is CC(C)(C)c1cc(-c2ccccc2)c(N2c3ccc(-c4ccccc4)cc3B3c4cc(-c5ccccc5)ccc4N(c4c(-c5ccccc5)cc(C(C)(C)C)cc4-c4ccccc4)c4cc(-n5c6ccccc6c6c7ccccc7c(-c7cc8ccccc8c8ccccc78)cc65)cc2c43)c(-c2ccccc2)c1. The molecular weight excluding hydrogens is 1300 g/mol. The van der Waals surface area contributed by atoms with Gasteiger partial charge < -0.3 is 14.4 Å². The Balaban J connectivity index is 1.01. The third-order valence-corrected chi connectivity index (χ3v) is 23.0. The fraction of sp³-hybridized carbons (Fsp3) is 0.0769. The molecule has 3 heterocycles. The second-order valence-electron chi connectivity index (χ2n) is 31.5. The molecule has 0 unspecified atom stereocenters. The molecule has 2 aliphatic rings. The first kappa shape index (κ1) is 64.6. The van der Waals surface area contributed by atoms with Gasteiger partial charge in [0, 0.05) is 55.8 Å². The molecule has 0 atom stereocenters. The van der Waals surface area contributed by atoms with Crippen molar-refractivity contribution >= 4 is 111 Å². The van der Waals surface area contributed by atoms with E-state index in [0.29, 0.717) is 0 Å². The largest absolute Gasteiger partial charge is 0.310 e. The molecule has 108 heavy (non-hydrogen) atoms. The summed E-state index contributed by atoms with van der Waals surface area (Å²) < 4.78 is 2.63. The minimum Gasteiger partial charge on any atom is -0.310 e. The Hall–Kier alpha value is -13.0. The molecule has 18 aromatic rings. The average molecular weight is 1380 g/mol. The summed E-state index contributed by atoms with van der Waals surface area (Å²) in [5.41, 5.74) is 32.0. The highest BCUT2D eigenvalue weighted by molar-refractivity contribution is 7.00. The number of aromatic nitrogens is 1. The van der Waals surface area contributed by atoms with Crippen molar-refractivity contribution in [2.45, 2.75) is 52.4 Å². The summed E-state index contributed by atoms with van der Waals surface area (Å²) in [5.74, 6) is 0. The molecule has 20 rings (SSSR count). The third kappa shape index (κ3) is 10.6. The van der Waals surface area contributed by atoms with Gasteiger partial charge in [0.05, 0.1) is 28.1 Å². The zero-order valence-electron chi connectivity index (χ0n) is 61.6. The molecule has 0 N–H and O–H groups in total. The van der Waals surface area contributed by atoms with Gasteiger partial charge in [-0.25, -0.2) is 0 Å². The Labute approximate surface area is 632 Å². The number of fused-ring (bicyclic) bond motifs is 12. The van der Waals surface area contributed by atoms with Crippen LogP contribution in [0.5, 0.6) is 0 Å². The van der Waals surface area contributed by atoms with Crippen molar-refractivity contribution in [3.8, 4) is 83.6 Å². The van der Waals surface area contributed by atoms with E-state index in [-0.39, 0.29) is 17.5 Å². The lowest BCUT2D eigenvalue weighted by molar-refractivity contribution is 0.590. The van der Waals surface area contributed by atoms with E-state index < -0.39 is 0 Å². The maximum Gasteiger partial charge on any atom is 0.252 e. The summed E-state index contributed by atoms with van der Waals surface area (Å²) in [6, 6.07) is 138. The van der Waals surface area contributed by atoms with Gasteiger partial charge in [0.1, 0.15) is 0 Å². The van der Waals surface area contributed by atoms with Crippen LogP contribution in [0.25, 0.3) is 138 Å². The molecule has 0 amide bonds. The normalized spacial score (nSPS) is 12.7. The molecule has 0 spiro atoms. The minimum atomic E-state index is -0.285. The molecule has 4 heteroatoms. The van der Waals surface area contributed by atoms with Gasteiger partial charge in [-0.3, -0.25) is 0 Å². The van der Waals surface area contributed by atoms with E-state index in [9.17, 15) is 0 Å². The molecule has 0 fully saturated rings. The maximum absolute atomic E-state index is 2.72. The van der Waals surface area contributed by atoms with E-state index in [4.69, 9.17) is 0 Å². The van der Waals surface area contributed by atoms with Crippen molar-refractivity contribution in [3.05, 3.63) is 375 Å². The van der Waals surface area contributed by atoms with Crippen LogP contribution in [0, 0.1) is 0 Å². The van der Waals surface area contributed by atoms with Crippen molar-refractivity contribution in [2.24, 2.45) is 0 Å². The molecule has 2 aliphatic heterocycles. The number of anilines is 6. The van der Waals surface area contributed by atoms with Crippen molar-refractivity contribution < 1.29 is 0 Å². The van der Waals surface area contributed by atoms with Gasteiger partial charge >= 0.3 is 0 Å². The topological polar surface area (TPSA) is 11.4 Å². The van der Waals surface area contributed by atoms with Crippen LogP contribution < -0.4 is 26.2 Å². The highest BCUT2D eigenvalue weighted by atomic mass is 15.2. The fourth-order valence-electron chi connectivity index (χ4n) is 17.8. The van der Waals surface area contributed by atoms with Crippen molar-refractivity contribution in [1.82, 2.24) is 4.57 Å². The van der Waals surface area contributed by atoms with Crippen LogP contribution >= 0.6 is 0 Å². The highest BCUT2D eigenvalue weighted by Crippen LogP contribution is 2.56. The molecule has 3 nitrogen and oxygen atoms in total.